The van der Waals surface area contributed by atoms with Crippen molar-refractivity contribution in [3.8, 4) is 0 Å². The van der Waals surface area contributed by atoms with Crippen LogP contribution < -0.4 is 14.9 Å². The minimum absolute atomic E-state index is 0.101. The van der Waals surface area contributed by atoms with Gasteiger partial charge in [-0.2, -0.15) is 0 Å². The topological polar surface area (TPSA) is 45.3 Å². The monoisotopic (exact) mass is 543 g/mol. The molecule has 0 aromatic rings. The molecule has 0 amide bonds. The Bertz CT molecular complexity index is 381. The highest BCUT2D eigenvalue weighted by Crippen LogP contribution is 2.16. The zero-order chi connectivity index (χ0) is 25.2. The first kappa shape index (κ1) is 35.9. The van der Waals surface area contributed by atoms with Crippen LogP contribution in [0.4, 0.5) is 0 Å². The maximum absolute atomic E-state index is 5.64. The largest absolute Gasteiger partial charge is 0.468 e. The Morgan fingerprint density at radius 2 is 0.767 bits per heavy atom. The van der Waals surface area contributed by atoms with Crippen LogP contribution in [0.25, 0.3) is 0 Å². The van der Waals surface area contributed by atoms with Crippen LogP contribution in [0, 0.1) is 0 Å². The average molecular weight is 544 g/mol. The van der Waals surface area contributed by atoms with Crippen molar-refractivity contribution in [2.45, 2.75) is 123 Å². The summed E-state index contributed by atoms with van der Waals surface area (Å²) in [6, 6.07) is 1.12. The smallest absolute Gasteiger partial charge is 0.150 e. The van der Waals surface area contributed by atoms with Crippen molar-refractivity contribution >= 4 is 61.1 Å². The van der Waals surface area contributed by atoms with Crippen LogP contribution in [-0.4, -0.2) is 66.9 Å². The van der Waals surface area contributed by atoms with Gasteiger partial charge < -0.3 is 19.1 Å². The van der Waals surface area contributed by atoms with E-state index in [4.69, 9.17) is 4.12 Å². The van der Waals surface area contributed by atoms with Crippen LogP contribution in [0.3, 0.4) is 0 Å². The fraction of sp³-hybridized carbons (Fsp3) is 1.00. The van der Waals surface area contributed by atoms with Gasteiger partial charge in [-0.05, 0) is 0 Å². The van der Waals surface area contributed by atoms with E-state index in [1.54, 1.807) is 0 Å². The second kappa shape index (κ2) is 13.9. The van der Waals surface area contributed by atoms with Crippen molar-refractivity contribution in [3.63, 3.8) is 0 Å². The van der Waals surface area contributed by atoms with Crippen LogP contribution in [0.5, 0.6) is 0 Å². The molecule has 0 aliphatic carbocycles. The lowest BCUT2D eigenvalue weighted by atomic mass is 10.5. The second-order valence-electron chi connectivity index (χ2n) is 14.8. The van der Waals surface area contributed by atoms with E-state index in [2.05, 4.69) is 126 Å². The summed E-state index contributed by atoms with van der Waals surface area (Å²) >= 11 is 0. The van der Waals surface area contributed by atoms with E-state index in [-0.39, 0.29) is 5.79 Å². The van der Waals surface area contributed by atoms with Crippen LogP contribution in [0.15, 0.2) is 0 Å². The van der Waals surface area contributed by atoms with E-state index >= 15 is 0 Å². The van der Waals surface area contributed by atoms with Crippen molar-refractivity contribution in [2.75, 3.05) is 0 Å². The number of nitrogens with one attached hydrogen (secondary N) is 3. The summed E-state index contributed by atoms with van der Waals surface area (Å²) in [5, 5.41) is 0. The zero-order valence-corrected chi connectivity index (χ0v) is 32.7. The summed E-state index contributed by atoms with van der Waals surface area (Å²) in [7, 11) is -4.98. The van der Waals surface area contributed by atoms with Crippen molar-refractivity contribution in [1.29, 1.82) is 0 Å². The van der Waals surface area contributed by atoms with Gasteiger partial charge in [0.1, 0.15) is 50.7 Å². The van der Waals surface area contributed by atoms with Gasteiger partial charge >= 0.3 is 0 Å². The van der Waals surface area contributed by atoms with E-state index in [1.165, 1.54) is 0 Å². The molecule has 0 unspecified atom stereocenters. The number of hydrogen-bond donors (Lipinski definition) is 3. The molecule has 0 rings (SSSR count). The minimum Gasteiger partial charge on any atom is -0.468 e. The lowest BCUT2D eigenvalue weighted by Gasteiger charge is -2.48. The molecule has 0 aromatic heterocycles. The molecule has 0 fully saturated rings. The highest BCUT2D eigenvalue weighted by molar-refractivity contribution is 6.77. The molecule has 0 atom stereocenters. The fourth-order valence-electron chi connectivity index (χ4n) is 2.46. The minimum atomic E-state index is -1.39. The summed E-state index contributed by atoms with van der Waals surface area (Å²) in [6.45, 7) is 40.0. The first-order valence-corrected chi connectivity index (χ1v) is 32.4. The molecular weight excluding hydrogens is 483 g/mol. The third-order valence-corrected chi connectivity index (χ3v) is 8.56. The summed E-state index contributed by atoms with van der Waals surface area (Å²) < 4.78 is 5.64. The van der Waals surface area contributed by atoms with Gasteiger partial charge in [0.25, 0.3) is 0 Å². The zero-order valence-electron chi connectivity index (χ0n) is 24.3. The first-order chi connectivity index (χ1) is 12.7. The highest BCUT2D eigenvalue weighted by atomic mass is 28.3. The molecule has 0 heterocycles. The van der Waals surface area contributed by atoms with E-state index < -0.39 is 50.6 Å². The fourth-order valence-corrected chi connectivity index (χ4v) is 9.67. The lowest BCUT2D eigenvalue weighted by Crippen LogP contribution is -2.79. The molecule has 0 bridgehead atoms. The Hall–Kier alpha value is 1.36. The van der Waals surface area contributed by atoms with Crippen LogP contribution in [0.1, 0.15) is 0 Å². The third-order valence-electron chi connectivity index (χ3n) is 2.45. The van der Waals surface area contributed by atoms with Crippen molar-refractivity contribution in [3.05, 3.63) is 0 Å². The SMILES string of the molecule is C[Si](C)(C)C.C[Si](C)(C)C.C[Si](C)(C)NC(C[SiH2]O[SiH3])(N[Si](C)(C)C)N[Si](C)(C)C. The predicted octanol–water partition coefficient (Wildman–Crippen LogP) is 4.62. The Kier molecular flexibility index (Phi) is 16.7. The van der Waals surface area contributed by atoms with Gasteiger partial charge in [-0.1, -0.05) is 111 Å². The summed E-state index contributed by atoms with van der Waals surface area (Å²) in [6.07, 6.45) is 0. The van der Waals surface area contributed by atoms with E-state index in [9.17, 15) is 0 Å². The average Bonchev–Trinajstić information content (AvgIpc) is 2.24. The molecule has 0 aromatic carbocycles. The van der Waals surface area contributed by atoms with Gasteiger partial charge in [0.05, 0.1) is 0 Å². The molecule has 0 aliphatic heterocycles. The van der Waals surface area contributed by atoms with Gasteiger partial charge in [-0.15, -0.1) is 0 Å². The van der Waals surface area contributed by atoms with E-state index in [1.807, 2.05) is 0 Å². The van der Waals surface area contributed by atoms with Crippen molar-refractivity contribution < 1.29 is 4.12 Å². The molecule has 0 saturated carbocycles. The number of hydrogen-bond acceptors (Lipinski definition) is 4. The molecule has 0 aliphatic rings. The lowest BCUT2D eigenvalue weighted by molar-refractivity contribution is 0.352. The van der Waals surface area contributed by atoms with Crippen LogP contribution >= 0.6 is 0 Å². The molecule has 0 saturated heterocycles. The van der Waals surface area contributed by atoms with Crippen LogP contribution in [0.2, 0.25) is 117 Å². The van der Waals surface area contributed by atoms with Crippen LogP contribution in [-0.2, 0) is 4.12 Å². The number of rotatable bonds is 9. The molecule has 0 spiro atoms. The Balaban J connectivity index is -0.000000599. The third kappa shape index (κ3) is 39.8. The molecule has 3 N–H and O–H groups in total. The molecule has 186 valence electrons. The maximum Gasteiger partial charge on any atom is 0.150 e. The van der Waals surface area contributed by atoms with Gasteiger partial charge in [0, 0.05) is 22.2 Å². The van der Waals surface area contributed by atoms with Gasteiger partial charge in [0.15, 0.2) is 0 Å². The Labute approximate surface area is 202 Å². The van der Waals surface area contributed by atoms with Gasteiger partial charge in [-0.3, -0.25) is 0 Å². The molecule has 30 heavy (non-hydrogen) atoms. The van der Waals surface area contributed by atoms with E-state index in [0.717, 1.165) is 16.5 Å². The summed E-state index contributed by atoms with van der Waals surface area (Å²) in [5.41, 5.74) is 0. The molecule has 11 heteroatoms. The van der Waals surface area contributed by atoms with Gasteiger partial charge in [0.2, 0.25) is 0 Å². The summed E-state index contributed by atoms with van der Waals surface area (Å²) in [5.74, 6) is -0.101. The Morgan fingerprint density at radius 1 is 0.567 bits per heavy atom. The van der Waals surface area contributed by atoms with Gasteiger partial charge in [-0.25, -0.2) is 0 Å². The van der Waals surface area contributed by atoms with Crippen molar-refractivity contribution in [1.82, 2.24) is 14.9 Å². The molecular formula is C19H61N3OSi7. The van der Waals surface area contributed by atoms with E-state index in [0.29, 0.717) is 0 Å². The Morgan fingerprint density at radius 3 is 0.900 bits per heavy atom. The molecule has 4 nitrogen and oxygen atoms in total. The standard InChI is InChI=1S/C11H37N3OSi5.2C4H12Si/c1-18(2,3)12-11(10-17-15-16,13-19(4,5)6)14-20(7,8)9;2*1-5(2,3)4/h12-14H,10,17H2,1-9,16H3;2*1-4H3. The first-order valence-electron chi connectivity index (χ1n) is 11.6. The quantitative estimate of drug-likeness (QED) is 0.293. The molecule has 0 radical (unpaired) electrons. The second-order valence-corrected chi connectivity index (χ2v) is 44.2. The predicted molar refractivity (Wildman–Crippen MR) is 165 cm³/mol. The summed E-state index contributed by atoms with van der Waals surface area (Å²) in [4.78, 5) is 11.9. The van der Waals surface area contributed by atoms with Crippen molar-refractivity contribution in [2.24, 2.45) is 0 Å². The highest BCUT2D eigenvalue weighted by Gasteiger charge is 2.40. The normalized spacial score (nSPS) is 14.3. The maximum atomic E-state index is 5.64.